The highest BCUT2D eigenvalue weighted by Crippen LogP contribution is 2.44. The first-order valence-corrected chi connectivity index (χ1v) is 10.8. The molecule has 3 heterocycles. The van der Waals surface area contributed by atoms with Gasteiger partial charge in [0.15, 0.2) is 5.16 Å². The van der Waals surface area contributed by atoms with Crippen molar-refractivity contribution in [3.63, 3.8) is 0 Å². The van der Waals surface area contributed by atoms with Crippen LogP contribution in [0, 0.1) is 0 Å². The predicted octanol–water partition coefficient (Wildman–Crippen LogP) is 4.74. The van der Waals surface area contributed by atoms with Crippen molar-refractivity contribution in [3.8, 4) is 5.69 Å². The Bertz CT molecular complexity index is 973. The molecule has 0 N–H and O–H groups in total. The van der Waals surface area contributed by atoms with Gasteiger partial charge in [-0.1, -0.05) is 43.8 Å². The van der Waals surface area contributed by atoms with Gasteiger partial charge < -0.3 is 0 Å². The van der Waals surface area contributed by atoms with E-state index in [1.165, 1.54) is 22.2 Å². The normalized spacial score (nSPS) is 16.3. The molecule has 124 valence electrons. The summed E-state index contributed by atoms with van der Waals surface area (Å²) in [6.07, 6.45) is 2.90. The summed E-state index contributed by atoms with van der Waals surface area (Å²) in [5, 5.41) is 1.58. The first-order chi connectivity index (χ1) is 11.5. The molecule has 0 unspecified atom stereocenters. The lowest BCUT2D eigenvalue weighted by Gasteiger charge is -2.28. The number of hydrogen-bond donors (Lipinski definition) is 0. The van der Waals surface area contributed by atoms with Crippen LogP contribution in [0.25, 0.3) is 15.9 Å². The smallest absolute Gasteiger partial charge is 0.267 e. The summed E-state index contributed by atoms with van der Waals surface area (Å²) < 4.78 is 1.93. The van der Waals surface area contributed by atoms with Crippen LogP contribution in [0.15, 0.2) is 40.3 Å². The van der Waals surface area contributed by atoms with E-state index in [2.05, 4.69) is 13.8 Å². The monoisotopic (exact) mass is 374 g/mol. The molecule has 1 aliphatic rings. The molecule has 0 fully saturated rings. The lowest BCUT2D eigenvalue weighted by Crippen LogP contribution is -2.26. The van der Waals surface area contributed by atoms with Gasteiger partial charge in [0, 0.05) is 15.4 Å². The second-order valence-electron chi connectivity index (χ2n) is 6.48. The number of benzene rings is 1. The van der Waals surface area contributed by atoms with Crippen LogP contribution in [0.3, 0.4) is 0 Å². The molecule has 0 saturated heterocycles. The minimum absolute atomic E-state index is 0.0655. The van der Waals surface area contributed by atoms with Crippen molar-refractivity contribution in [1.82, 2.24) is 9.55 Å². The largest absolute Gasteiger partial charge is 0.268 e. The van der Waals surface area contributed by atoms with Crippen molar-refractivity contribution in [3.05, 3.63) is 51.1 Å². The third-order valence-electron chi connectivity index (χ3n) is 4.27. The predicted molar refractivity (Wildman–Crippen MR) is 106 cm³/mol. The van der Waals surface area contributed by atoms with Gasteiger partial charge in [0.05, 0.1) is 11.1 Å². The molecule has 6 heteroatoms. The average Bonchev–Trinajstić information content (AvgIpc) is 2.92. The molecule has 0 amide bonds. The molecule has 0 atom stereocenters. The minimum atomic E-state index is 0.0655. The first kappa shape index (κ1) is 16.2. The fourth-order valence-corrected chi connectivity index (χ4v) is 6.06. The van der Waals surface area contributed by atoms with Crippen LogP contribution in [0.1, 0.15) is 24.3 Å². The Balaban J connectivity index is 2.04. The number of rotatable bonds is 2. The van der Waals surface area contributed by atoms with Crippen LogP contribution in [-0.2, 0) is 12.2 Å². The lowest BCUT2D eigenvalue weighted by molar-refractivity contribution is 0.698. The molecule has 1 aliphatic heterocycles. The van der Waals surface area contributed by atoms with Crippen LogP contribution >= 0.6 is 34.9 Å². The standard InChI is InChI=1S/C18H18N2OS3/c1-18(2)9-12-13(10-23-18)24-15-14(12)16(21)20(17(19-15)22-3)11-7-5-4-6-8-11/h4-8H,9-10H2,1-3H3. The highest BCUT2D eigenvalue weighted by atomic mass is 32.2. The maximum absolute atomic E-state index is 13.4. The molecule has 24 heavy (non-hydrogen) atoms. The Hall–Kier alpha value is -1.24. The second kappa shape index (κ2) is 5.93. The summed E-state index contributed by atoms with van der Waals surface area (Å²) in [7, 11) is 0. The van der Waals surface area contributed by atoms with E-state index in [1.54, 1.807) is 15.9 Å². The topological polar surface area (TPSA) is 34.9 Å². The quantitative estimate of drug-likeness (QED) is 0.479. The number of thiophene rings is 1. The van der Waals surface area contributed by atoms with Crippen molar-refractivity contribution in [2.75, 3.05) is 6.26 Å². The zero-order chi connectivity index (χ0) is 16.9. The number of hydrogen-bond acceptors (Lipinski definition) is 5. The summed E-state index contributed by atoms with van der Waals surface area (Å²) in [4.78, 5) is 20.4. The third kappa shape index (κ3) is 2.61. The Labute approximate surface area is 153 Å². The van der Waals surface area contributed by atoms with Crippen LogP contribution < -0.4 is 5.56 Å². The molecule has 0 aliphatic carbocycles. The Morgan fingerprint density at radius 2 is 2.00 bits per heavy atom. The minimum Gasteiger partial charge on any atom is -0.268 e. The molecule has 0 saturated carbocycles. The van der Waals surface area contributed by atoms with Crippen LogP contribution in [0.2, 0.25) is 0 Å². The van der Waals surface area contributed by atoms with Gasteiger partial charge in [-0.25, -0.2) is 4.98 Å². The number of nitrogens with zero attached hydrogens (tertiary/aromatic N) is 2. The Morgan fingerprint density at radius 1 is 1.25 bits per heavy atom. The molecule has 2 aromatic heterocycles. The number of thioether (sulfide) groups is 2. The molecule has 0 spiro atoms. The van der Waals surface area contributed by atoms with Crippen molar-refractivity contribution in [1.29, 1.82) is 0 Å². The Kier molecular flexibility index (Phi) is 4.01. The van der Waals surface area contributed by atoms with E-state index in [0.29, 0.717) is 0 Å². The van der Waals surface area contributed by atoms with E-state index in [1.807, 2.05) is 48.3 Å². The van der Waals surface area contributed by atoms with E-state index in [-0.39, 0.29) is 10.3 Å². The van der Waals surface area contributed by atoms with Gasteiger partial charge >= 0.3 is 0 Å². The fraction of sp³-hybridized carbons (Fsp3) is 0.333. The molecule has 3 aromatic rings. The van der Waals surface area contributed by atoms with Gasteiger partial charge in [0.25, 0.3) is 5.56 Å². The van der Waals surface area contributed by atoms with Crippen LogP contribution in [-0.4, -0.2) is 20.6 Å². The average molecular weight is 375 g/mol. The number of aromatic nitrogens is 2. The highest BCUT2D eigenvalue weighted by molar-refractivity contribution is 8.00. The summed E-state index contributed by atoms with van der Waals surface area (Å²) in [5.41, 5.74) is 2.16. The van der Waals surface area contributed by atoms with Crippen molar-refractivity contribution in [2.24, 2.45) is 0 Å². The molecule has 0 radical (unpaired) electrons. The SMILES string of the molecule is CSc1nc2sc3c(c2c(=O)n1-c1ccccc1)CC(C)(C)SC3. The summed E-state index contributed by atoms with van der Waals surface area (Å²) in [6, 6.07) is 9.81. The molecular formula is C18H18N2OS3. The van der Waals surface area contributed by atoms with Crippen LogP contribution in [0.4, 0.5) is 0 Å². The maximum Gasteiger partial charge on any atom is 0.267 e. The fourth-order valence-electron chi connectivity index (χ4n) is 3.12. The maximum atomic E-state index is 13.4. The molecule has 4 rings (SSSR count). The molecule has 1 aromatic carbocycles. The van der Waals surface area contributed by atoms with E-state index < -0.39 is 0 Å². The number of para-hydroxylation sites is 1. The molecule has 3 nitrogen and oxygen atoms in total. The van der Waals surface area contributed by atoms with Gasteiger partial charge in [0.2, 0.25) is 0 Å². The van der Waals surface area contributed by atoms with Gasteiger partial charge in [0.1, 0.15) is 4.83 Å². The summed E-state index contributed by atoms with van der Waals surface area (Å²) in [5.74, 6) is 0.975. The number of fused-ring (bicyclic) bond motifs is 3. The van der Waals surface area contributed by atoms with Gasteiger partial charge in [-0.15, -0.1) is 23.1 Å². The summed E-state index contributed by atoms with van der Waals surface area (Å²) in [6.45, 7) is 4.51. The van der Waals surface area contributed by atoms with Gasteiger partial charge in [-0.2, -0.15) is 0 Å². The van der Waals surface area contributed by atoms with Crippen molar-refractivity contribution >= 4 is 45.1 Å². The second-order valence-corrected chi connectivity index (χ2v) is 10.0. The molecule has 0 bridgehead atoms. The van der Waals surface area contributed by atoms with Crippen molar-refractivity contribution in [2.45, 2.75) is 35.9 Å². The zero-order valence-electron chi connectivity index (χ0n) is 13.8. The van der Waals surface area contributed by atoms with E-state index in [4.69, 9.17) is 4.98 Å². The van der Waals surface area contributed by atoms with Gasteiger partial charge in [-0.05, 0) is 30.4 Å². The molecular weight excluding hydrogens is 356 g/mol. The van der Waals surface area contributed by atoms with Gasteiger partial charge in [-0.3, -0.25) is 9.36 Å². The zero-order valence-corrected chi connectivity index (χ0v) is 16.3. The Morgan fingerprint density at radius 3 is 2.71 bits per heavy atom. The summed E-state index contributed by atoms with van der Waals surface area (Å²) >= 11 is 5.17. The first-order valence-electron chi connectivity index (χ1n) is 7.81. The highest BCUT2D eigenvalue weighted by Gasteiger charge is 2.31. The van der Waals surface area contributed by atoms with E-state index in [0.717, 1.165) is 33.2 Å². The third-order valence-corrected chi connectivity index (χ3v) is 7.58. The van der Waals surface area contributed by atoms with E-state index in [9.17, 15) is 4.79 Å². The van der Waals surface area contributed by atoms with Crippen molar-refractivity contribution < 1.29 is 0 Å². The lowest BCUT2D eigenvalue weighted by atomic mass is 10.00. The van der Waals surface area contributed by atoms with E-state index >= 15 is 0 Å². The van der Waals surface area contributed by atoms with Crippen LogP contribution in [0.5, 0.6) is 0 Å².